The van der Waals surface area contributed by atoms with Gasteiger partial charge in [-0.15, -0.1) is 0 Å². The standard InChI is InChI=1S/C25H27N3O/c29-23-11-10-20-7-3-9-22(25(20)27-23)18-12-15-28(16-13-18)17-21-8-4-14-26-24(21)19-5-1-2-6-19/h3-5,7-11,14,18H,1-2,6,12-13,15-17H2,(H,27,29). The van der Waals surface area contributed by atoms with Crippen molar-refractivity contribution in [2.75, 3.05) is 13.1 Å². The minimum absolute atomic E-state index is 0.0206. The molecule has 1 N–H and O–H groups in total. The van der Waals surface area contributed by atoms with Crippen molar-refractivity contribution < 1.29 is 0 Å². The number of H-pyrrole nitrogens is 1. The lowest BCUT2D eigenvalue weighted by molar-refractivity contribution is 0.204. The molecule has 1 aliphatic carbocycles. The second kappa shape index (κ2) is 7.96. The third-order valence-electron chi connectivity index (χ3n) is 6.45. The van der Waals surface area contributed by atoms with Gasteiger partial charge in [0, 0.05) is 18.8 Å². The van der Waals surface area contributed by atoms with Crippen LogP contribution >= 0.6 is 0 Å². The van der Waals surface area contributed by atoms with Crippen molar-refractivity contribution in [2.45, 2.75) is 44.6 Å². The summed E-state index contributed by atoms with van der Waals surface area (Å²) < 4.78 is 0. The normalized spacial score (nSPS) is 18.3. The second-order valence-corrected chi connectivity index (χ2v) is 8.32. The van der Waals surface area contributed by atoms with Gasteiger partial charge in [0.05, 0.1) is 11.2 Å². The summed E-state index contributed by atoms with van der Waals surface area (Å²) in [5.74, 6) is 0.499. The molecule has 1 aliphatic heterocycles. The number of allylic oxidation sites excluding steroid dienone is 2. The van der Waals surface area contributed by atoms with Gasteiger partial charge in [-0.2, -0.15) is 0 Å². The Morgan fingerprint density at radius 1 is 1.07 bits per heavy atom. The van der Waals surface area contributed by atoms with Crippen LogP contribution in [0.4, 0.5) is 0 Å². The molecular weight excluding hydrogens is 358 g/mol. The van der Waals surface area contributed by atoms with E-state index in [0.717, 1.165) is 49.8 Å². The molecular formula is C25H27N3O. The molecule has 4 heteroatoms. The van der Waals surface area contributed by atoms with E-state index in [1.54, 1.807) is 6.07 Å². The van der Waals surface area contributed by atoms with Crippen LogP contribution < -0.4 is 5.56 Å². The summed E-state index contributed by atoms with van der Waals surface area (Å²) in [7, 11) is 0. The maximum absolute atomic E-state index is 11.8. The molecule has 1 aromatic carbocycles. The molecule has 0 radical (unpaired) electrons. The predicted octanol–water partition coefficient (Wildman–Crippen LogP) is 4.87. The monoisotopic (exact) mass is 385 g/mol. The Morgan fingerprint density at radius 2 is 1.97 bits per heavy atom. The molecule has 3 aromatic rings. The van der Waals surface area contributed by atoms with Crippen molar-refractivity contribution in [3.63, 3.8) is 0 Å². The number of nitrogens with one attached hydrogen (secondary N) is 1. The summed E-state index contributed by atoms with van der Waals surface area (Å²) in [6.45, 7) is 3.12. The Bertz CT molecular complexity index is 1110. The zero-order chi connectivity index (χ0) is 19.6. The number of nitrogens with zero attached hydrogens (tertiary/aromatic N) is 2. The fraction of sp³-hybridized carbons (Fsp3) is 0.360. The molecule has 0 atom stereocenters. The van der Waals surface area contributed by atoms with Gasteiger partial charge in [0.2, 0.25) is 5.56 Å². The number of aromatic amines is 1. The summed E-state index contributed by atoms with van der Waals surface area (Å²) in [5, 5.41) is 1.12. The molecule has 0 bridgehead atoms. The zero-order valence-electron chi connectivity index (χ0n) is 16.7. The van der Waals surface area contributed by atoms with Crippen LogP contribution in [0.2, 0.25) is 0 Å². The highest BCUT2D eigenvalue weighted by atomic mass is 16.1. The Morgan fingerprint density at radius 3 is 2.79 bits per heavy atom. The van der Waals surface area contributed by atoms with Gasteiger partial charge < -0.3 is 4.98 Å². The van der Waals surface area contributed by atoms with Crippen molar-refractivity contribution in [1.29, 1.82) is 0 Å². The van der Waals surface area contributed by atoms with E-state index in [-0.39, 0.29) is 5.56 Å². The topological polar surface area (TPSA) is 49.0 Å². The average molecular weight is 386 g/mol. The molecule has 3 heterocycles. The number of rotatable bonds is 4. The van der Waals surface area contributed by atoms with Gasteiger partial charge in [0.1, 0.15) is 0 Å². The lowest BCUT2D eigenvalue weighted by atomic mass is 9.87. The zero-order valence-corrected chi connectivity index (χ0v) is 16.7. The number of hydrogen-bond donors (Lipinski definition) is 1. The molecule has 1 fully saturated rings. The largest absolute Gasteiger partial charge is 0.322 e. The molecule has 2 aliphatic rings. The number of pyridine rings is 2. The van der Waals surface area contributed by atoms with Gasteiger partial charge >= 0.3 is 0 Å². The number of aromatic nitrogens is 2. The Kier molecular flexibility index (Phi) is 5.03. The number of likely N-dealkylation sites (tertiary alicyclic amines) is 1. The van der Waals surface area contributed by atoms with Gasteiger partial charge in [-0.05, 0) is 85.3 Å². The Hall–Kier alpha value is -2.72. The van der Waals surface area contributed by atoms with Crippen molar-refractivity contribution >= 4 is 16.5 Å². The molecule has 5 rings (SSSR count). The summed E-state index contributed by atoms with van der Waals surface area (Å²) in [5.41, 5.74) is 6.27. The van der Waals surface area contributed by atoms with Crippen LogP contribution in [0.15, 0.2) is 59.5 Å². The van der Waals surface area contributed by atoms with Crippen LogP contribution in [0.3, 0.4) is 0 Å². The van der Waals surface area contributed by atoms with Crippen LogP contribution in [0, 0.1) is 0 Å². The highest BCUT2D eigenvalue weighted by Gasteiger charge is 2.23. The minimum atomic E-state index is -0.0206. The van der Waals surface area contributed by atoms with E-state index in [2.05, 4.69) is 46.3 Å². The van der Waals surface area contributed by atoms with E-state index in [0.29, 0.717) is 5.92 Å². The number of para-hydroxylation sites is 1. The first-order valence-electron chi connectivity index (χ1n) is 10.8. The average Bonchev–Trinajstić information content (AvgIpc) is 3.29. The van der Waals surface area contributed by atoms with Gasteiger partial charge in [-0.1, -0.05) is 30.3 Å². The third kappa shape index (κ3) is 3.77. The second-order valence-electron chi connectivity index (χ2n) is 8.32. The molecule has 1 saturated heterocycles. The van der Waals surface area contributed by atoms with E-state index >= 15 is 0 Å². The molecule has 0 spiro atoms. The Labute approximate surface area is 171 Å². The van der Waals surface area contributed by atoms with E-state index in [9.17, 15) is 4.79 Å². The van der Waals surface area contributed by atoms with Gasteiger partial charge in [-0.25, -0.2) is 0 Å². The van der Waals surface area contributed by atoms with Crippen LogP contribution in [-0.2, 0) is 6.54 Å². The molecule has 29 heavy (non-hydrogen) atoms. The lowest BCUT2D eigenvalue weighted by Crippen LogP contribution is -2.33. The van der Waals surface area contributed by atoms with Crippen LogP contribution in [0.1, 0.15) is 54.8 Å². The van der Waals surface area contributed by atoms with Gasteiger partial charge in [0.25, 0.3) is 0 Å². The first kappa shape index (κ1) is 18.3. The molecule has 0 unspecified atom stereocenters. The quantitative estimate of drug-likeness (QED) is 0.697. The molecule has 2 aromatic heterocycles. The molecule has 0 saturated carbocycles. The highest BCUT2D eigenvalue weighted by Crippen LogP contribution is 2.33. The van der Waals surface area contributed by atoms with E-state index in [1.165, 1.54) is 35.2 Å². The number of benzene rings is 1. The maximum atomic E-state index is 11.8. The fourth-order valence-corrected chi connectivity index (χ4v) is 4.93. The van der Waals surface area contributed by atoms with Gasteiger partial charge in [-0.3, -0.25) is 14.7 Å². The summed E-state index contributed by atoms with van der Waals surface area (Å²) in [6, 6.07) is 14.2. The van der Waals surface area contributed by atoms with Crippen LogP contribution in [-0.4, -0.2) is 28.0 Å². The third-order valence-corrected chi connectivity index (χ3v) is 6.45. The van der Waals surface area contributed by atoms with Crippen LogP contribution in [0.25, 0.3) is 16.5 Å². The lowest BCUT2D eigenvalue weighted by Gasteiger charge is -2.33. The van der Waals surface area contributed by atoms with Crippen molar-refractivity contribution in [2.24, 2.45) is 0 Å². The molecule has 0 amide bonds. The van der Waals surface area contributed by atoms with Crippen LogP contribution in [0.5, 0.6) is 0 Å². The highest BCUT2D eigenvalue weighted by molar-refractivity contribution is 5.82. The summed E-state index contributed by atoms with van der Waals surface area (Å²) >= 11 is 0. The van der Waals surface area contributed by atoms with Gasteiger partial charge in [0.15, 0.2) is 0 Å². The fourth-order valence-electron chi connectivity index (χ4n) is 4.93. The smallest absolute Gasteiger partial charge is 0.248 e. The van der Waals surface area contributed by atoms with Crippen molar-refractivity contribution in [3.8, 4) is 0 Å². The number of hydrogen-bond acceptors (Lipinski definition) is 3. The summed E-state index contributed by atoms with van der Waals surface area (Å²) in [6.07, 6.45) is 10.1. The summed E-state index contributed by atoms with van der Waals surface area (Å²) in [4.78, 5) is 22.2. The van der Waals surface area contributed by atoms with E-state index in [1.807, 2.05) is 12.3 Å². The van der Waals surface area contributed by atoms with Crippen molar-refractivity contribution in [3.05, 3.63) is 81.9 Å². The molecule has 4 nitrogen and oxygen atoms in total. The maximum Gasteiger partial charge on any atom is 0.248 e. The number of fused-ring (bicyclic) bond motifs is 1. The number of piperidine rings is 1. The van der Waals surface area contributed by atoms with Crippen molar-refractivity contribution in [1.82, 2.24) is 14.9 Å². The SMILES string of the molecule is O=c1ccc2cccc(C3CCN(Cc4cccnc4C4=CCCC4)CC3)c2[nH]1. The Balaban J connectivity index is 1.31. The van der Waals surface area contributed by atoms with E-state index in [4.69, 9.17) is 4.98 Å². The minimum Gasteiger partial charge on any atom is -0.322 e. The first-order chi connectivity index (χ1) is 14.3. The first-order valence-corrected chi connectivity index (χ1v) is 10.8. The van der Waals surface area contributed by atoms with E-state index < -0.39 is 0 Å². The predicted molar refractivity (Wildman–Crippen MR) is 118 cm³/mol. The molecule has 148 valence electrons.